The molecule has 76 valence electrons. The van der Waals surface area contributed by atoms with Gasteiger partial charge in [-0.3, -0.25) is 4.79 Å². The first-order chi connectivity index (χ1) is 6.45. The van der Waals surface area contributed by atoms with Crippen molar-refractivity contribution in [3.63, 3.8) is 0 Å². The molecule has 1 amide bonds. The molecule has 4 heteroatoms. The van der Waals surface area contributed by atoms with Crippen LogP contribution in [0.4, 0.5) is 8.78 Å². The molecular formula is C10H11F2NO. The molecule has 1 aromatic rings. The third-order valence-corrected chi connectivity index (χ3v) is 1.86. The Bertz CT molecular complexity index is 344. The monoisotopic (exact) mass is 199 g/mol. The second-order valence-corrected chi connectivity index (χ2v) is 3.05. The third kappa shape index (κ3) is 2.28. The van der Waals surface area contributed by atoms with Gasteiger partial charge in [-0.05, 0) is 12.1 Å². The van der Waals surface area contributed by atoms with Crippen molar-refractivity contribution in [3.05, 3.63) is 35.4 Å². The van der Waals surface area contributed by atoms with Crippen LogP contribution in [0.25, 0.3) is 0 Å². The summed E-state index contributed by atoms with van der Waals surface area (Å²) in [5.74, 6) is -3.28. The predicted molar refractivity (Wildman–Crippen MR) is 49.4 cm³/mol. The van der Waals surface area contributed by atoms with Crippen molar-refractivity contribution < 1.29 is 13.6 Å². The van der Waals surface area contributed by atoms with Crippen LogP contribution in [0.3, 0.4) is 0 Å². The van der Waals surface area contributed by atoms with Crippen molar-refractivity contribution in [2.45, 2.75) is 12.8 Å². The summed E-state index contributed by atoms with van der Waals surface area (Å²) >= 11 is 0. The van der Waals surface area contributed by atoms with Crippen LogP contribution in [0.15, 0.2) is 24.3 Å². The number of halogens is 2. The van der Waals surface area contributed by atoms with Gasteiger partial charge in [-0.2, -0.15) is 0 Å². The van der Waals surface area contributed by atoms with Gasteiger partial charge in [0.25, 0.3) is 11.8 Å². The van der Waals surface area contributed by atoms with Gasteiger partial charge in [0.15, 0.2) is 0 Å². The largest absolute Gasteiger partial charge is 0.355 e. The molecule has 0 spiro atoms. The Kier molecular flexibility index (Phi) is 2.84. The lowest BCUT2D eigenvalue weighted by Crippen LogP contribution is -2.18. The fourth-order valence-corrected chi connectivity index (χ4v) is 1.08. The lowest BCUT2D eigenvalue weighted by molar-refractivity contribution is 0.0174. The van der Waals surface area contributed by atoms with Crippen molar-refractivity contribution in [2.75, 3.05) is 7.05 Å². The van der Waals surface area contributed by atoms with Gasteiger partial charge in [0.2, 0.25) is 0 Å². The number of hydrogen-bond donors (Lipinski definition) is 1. The molecular weight excluding hydrogens is 188 g/mol. The SMILES string of the molecule is CNC(=O)c1cccc(C(C)(F)F)c1. The summed E-state index contributed by atoms with van der Waals surface area (Å²) in [6, 6.07) is 5.43. The average Bonchev–Trinajstić information content (AvgIpc) is 2.15. The first-order valence-corrected chi connectivity index (χ1v) is 4.15. The van der Waals surface area contributed by atoms with E-state index in [2.05, 4.69) is 5.32 Å². The highest BCUT2D eigenvalue weighted by atomic mass is 19.3. The Morgan fingerprint density at radius 2 is 2.07 bits per heavy atom. The van der Waals surface area contributed by atoms with E-state index in [9.17, 15) is 13.6 Å². The Hall–Kier alpha value is -1.45. The van der Waals surface area contributed by atoms with Gasteiger partial charge in [0.05, 0.1) is 0 Å². The van der Waals surface area contributed by atoms with Crippen molar-refractivity contribution in [1.82, 2.24) is 5.32 Å². The topological polar surface area (TPSA) is 29.1 Å². The van der Waals surface area contributed by atoms with Crippen LogP contribution >= 0.6 is 0 Å². The van der Waals surface area contributed by atoms with Crippen LogP contribution in [0, 0.1) is 0 Å². The van der Waals surface area contributed by atoms with E-state index in [1.807, 2.05) is 0 Å². The highest BCUT2D eigenvalue weighted by molar-refractivity contribution is 5.94. The minimum Gasteiger partial charge on any atom is -0.355 e. The van der Waals surface area contributed by atoms with E-state index in [-0.39, 0.29) is 17.0 Å². The van der Waals surface area contributed by atoms with Gasteiger partial charge >= 0.3 is 0 Å². The summed E-state index contributed by atoms with van der Waals surface area (Å²) in [5.41, 5.74) is 0.0881. The quantitative estimate of drug-likeness (QED) is 0.776. The molecule has 0 aliphatic rings. The van der Waals surface area contributed by atoms with Crippen LogP contribution in [0.2, 0.25) is 0 Å². The van der Waals surface area contributed by atoms with Crippen molar-refractivity contribution >= 4 is 5.91 Å². The van der Waals surface area contributed by atoms with E-state index in [1.165, 1.54) is 31.3 Å². The lowest BCUT2D eigenvalue weighted by atomic mass is 10.1. The molecule has 1 N–H and O–H groups in total. The van der Waals surface area contributed by atoms with Crippen LogP contribution in [-0.2, 0) is 5.92 Å². The summed E-state index contributed by atoms with van der Waals surface area (Å²) in [5, 5.41) is 2.38. The molecule has 0 atom stereocenters. The number of hydrogen-bond acceptors (Lipinski definition) is 1. The normalized spacial score (nSPS) is 11.1. The smallest absolute Gasteiger partial charge is 0.270 e. The second-order valence-electron chi connectivity index (χ2n) is 3.05. The zero-order chi connectivity index (χ0) is 10.8. The summed E-state index contributed by atoms with van der Waals surface area (Å²) < 4.78 is 25.7. The predicted octanol–water partition coefficient (Wildman–Crippen LogP) is 2.16. The van der Waals surface area contributed by atoms with Crippen LogP contribution in [0.5, 0.6) is 0 Å². The molecule has 0 aromatic heterocycles. The zero-order valence-corrected chi connectivity index (χ0v) is 7.97. The number of rotatable bonds is 2. The minimum atomic E-state index is -2.91. The molecule has 0 unspecified atom stereocenters. The summed E-state index contributed by atoms with van der Waals surface area (Å²) in [6.07, 6.45) is 0. The molecule has 1 aromatic carbocycles. The first-order valence-electron chi connectivity index (χ1n) is 4.15. The molecule has 0 heterocycles. The Morgan fingerprint density at radius 1 is 1.43 bits per heavy atom. The first kappa shape index (κ1) is 10.6. The van der Waals surface area contributed by atoms with E-state index < -0.39 is 5.92 Å². The maximum Gasteiger partial charge on any atom is 0.270 e. The van der Waals surface area contributed by atoms with Gasteiger partial charge in [-0.25, -0.2) is 8.78 Å². The molecule has 0 aliphatic carbocycles. The maximum atomic E-state index is 12.9. The van der Waals surface area contributed by atoms with Gasteiger partial charge in [-0.15, -0.1) is 0 Å². The van der Waals surface area contributed by atoms with E-state index in [0.29, 0.717) is 0 Å². The number of carbonyl (C=O) groups excluding carboxylic acids is 1. The zero-order valence-electron chi connectivity index (χ0n) is 7.97. The molecule has 0 saturated heterocycles. The molecule has 0 bridgehead atoms. The average molecular weight is 199 g/mol. The third-order valence-electron chi connectivity index (χ3n) is 1.86. The van der Waals surface area contributed by atoms with Gasteiger partial charge in [-0.1, -0.05) is 12.1 Å². The Balaban J connectivity index is 3.08. The summed E-state index contributed by atoms with van der Waals surface area (Å²) in [6.45, 7) is 0.802. The molecule has 1 rings (SSSR count). The maximum absolute atomic E-state index is 12.9. The highest BCUT2D eigenvalue weighted by Gasteiger charge is 2.24. The van der Waals surface area contributed by atoms with E-state index in [1.54, 1.807) is 0 Å². The van der Waals surface area contributed by atoms with Crippen molar-refractivity contribution in [2.24, 2.45) is 0 Å². The van der Waals surface area contributed by atoms with Gasteiger partial charge in [0.1, 0.15) is 0 Å². The van der Waals surface area contributed by atoms with E-state index in [0.717, 1.165) is 6.92 Å². The molecule has 2 nitrogen and oxygen atoms in total. The highest BCUT2D eigenvalue weighted by Crippen LogP contribution is 2.27. The molecule has 0 radical (unpaired) electrons. The molecule has 0 saturated carbocycles. The van der Waals surface area contributed by atoms with Gasteiger partial charge < -0.3 is 5.32 Å². The van der Waals surface area contributed by atoms with Crippen molar-refractivity contribution in [3.8, 4) is 0 Å². The summed E-state index contributed by atoms with van der Waals surface area (Å²) in [7, 11) is 1.46. The molecule has 0 aliphatic heterocycles. The number of carbonyl (C=O) groups is 1. The number of alkyl halides is 2. The van der Waals surface area contributed by atoms with Crippen molar-refractivity contribution in [1.29, 1.82) is 0 Å². The van der Waals surface area contributed by atoms with E-state index >= 15 is 0 Å². The Labute approximate surface area is 80.9 Å². The fourth-order valence-electron chi connectivity index (χ4n) is 1.08. The number of nitrogens with one attached hydrogen (secondary N) is 1. The fraction of sp³-hybridized carbons (Fsp3) is 0.300. The number of benzene rings is 1. The van der Waals surface area contributed by atoms with Crippen LogP contribution in [0.1, 0.15) is 22.8 Å². The molecule has 14 heavy (non-hydrogen) atoms. The molecule has 0 fully saturated rings. The Morgan fingerprint density at radius 3 is 2.57 bits per heavy atom. The number of amides is 1. The standard InChI is InChI=1S/C10H11F2NO/c1-10(11,12)8-5-3-4-7(6-8)9(14)13-2/h3-6H,1-2H3,(H,13,14). The lowest BCUT2D eigenvalue weighted by Gasteiger charge is -2.11. The van der Waals surface area contributed by atoms with E-state index in [4.69, 9.17) is 0 Å². The second kappa shape index (κ2) is 3.74. The van der Waals surface area contributed by atoms with Gasteiger partial charge in [0, 0.05) is 25.1 Å². The van der Waals surface area contributed by atoms with Crippen LogP contribution in [-0.4, -0.2) is 13.0 Å². The summed E-state index contributed by atoms with van der Waals surface area (Å²) in [4.78, 5) is 11.1. The van der Waals surface area contributed by atoms with Crippen LogP contribution < -0.4 is 5.32 Å². The minimum absolute atomic E-state index is 0.154.